The van der Waals surface area contributed by atoms with Crippen molar-refractivity contribution in [3.63, 3.8) is 0 Å². The predicted molar refractivity (Wildman–Crippen MR) is 57.5 cm³/mol. The molecule has 0 fully saturated rings. The number of aliphatic carboxylic acids is 1. The zero-order valence-electron chi connectivity index (χ0n) is 9.70. The van der Waals surface area contributed by atoms with E-state index in [2.05, 4.69) is 10.6 Å². The molecule has 2 unspecified atom stereocenters. The second-order valence-electron chi connectivity index (χ2n) is 4.04. The van der Waals surface area contributed by atoms with Crippen molar-refractivity contribution in [1.29, 1.82) is 0 Å². The molecule has 3 N–H and O–H groups in total. The van der Waals surface area contributed by atoms with Gasteiger partial charge >= 0.3 is 5.97 Å². The number of rotatable bonds is 6. The van der Waals surface area contributed by atoms with E-state index in [1.807, 2.05) is 13.8 Å². The number of likely N-dealkylation sites (N-methyl/N-ethyl adjacent to an activating group) is 1. The molecule has 0 aromatic rings. The molecular formula is C10H20N2O3. The molecular weight excluding hydrogens is 196 g/mol. The SMILES string of the molecule is CNC(CC(C)C)C(=O)NC(C)C(=O)O. The topological polar surface area (TPSA) is 78.4 Å². The van der Waals surface area contributed by atoms with E-state index < -0.39 is 12.0 Å². The molecule has 0 saturated heterocycles. The first-order valence-electron chi connectivity index (χ1n) is 5.09. The number of amides is 1. The Morgan fingerprint density at radius 1 is 1.27 bits per heavy atom. The van der Waals surface area contributed by atoms with Gasteiger partial charge in [-0.2, -0.15) is 0 Å². The van der Waals surface area contributed by atoms with Gasteiger partial charge in [-0.1, -0.05) is 13.8 Å². The van der Waals surface area contributed by atoms with Gasteiger partial charge in [-0.15, -0.1) is 0 Å². The molecule has 0 rings (SSSR count). The average Bonchev–Trinajstić information content (AvgIpc) is 2.13. The van der Waals surface area contributed by atoms with Crippen LogP contribution in [0.1, 0.15) is 27.2 Å². The molecule has 0 spiro atoms. The van der Waals surface area contributed by atoms with Crippen LogP contribution in [0.25, 0.3) is 0 Å². The van der Waals surface area contributed by atoms with E-state index in [1.165, 1.54) is 6.92 Å². The lowest BCUT2D eigenvalue weighted by Crippen LogP contribution is -2.48. The lowest BCUT2D eigenvalue weighted by molar-refractivity contribution is -0.141. The molecule has 0 aromatic carbocycles. The highest BCUT2D eigenvalue weighted by Gasteiger charge is 2.21. The van der Waals surface area contributed by atoms with Crippen LogP contribution in [0.2, 0.25) is 0 Å². The van der Waals surface area contributed by atoms with Crippen LogP contribution in [0.4, 0.5) is 0 Å². The Bertz CT molecular complexity index is 229. The highest BCUT2D eigenvalue weighted by molar-refractivity contribution is 5.86. The number of nitrogens with one attached hydrogen (secondary N) is 2. The maximum Gasteiger partial charge on any atom is 0.325 e. The summed E-state index contributed by atoms with van der Waals surface area (Å²) in [4.78, 5) is 22.1. The fourth-order valence-electron chi connectivity index (χ4n) is 1.20. The smallest absolute Gasteiger partial charge is 0.325 e. The third kappa shape index (κ3) is 5.37. The van der Waals surface area contributed by atoms with Crippen molar-refractivity contribution in [2.24, 2.45) is 5.92 Å². The summed E-state index contributed by atoms with van der Waals surface area (Å²) in [6.07, 6.45) is 0.689. The minimum atomic E-state index is -1.03. The monoisotopic (exact) mass is 216 g/mol. The minimum absolute atomic E-state index is 0.263. The van der Waals surface area contributed by atoms with Crippen LogP contribution in [-0.2, 0) is 9.59 Å². The summed E-state index contributed by atoms with van der Waals surface area (Å²) in [6.45, 7) is 5.47. The third-order valence-corrected chi connectivity index (χ3v) is 2.10. The molecule has 0 saturated carbocycles. The fraction of sp³-hybridized carbons (Fsp3) is 0.800. The molecule has 0 aliphatic heterocycles. The van der Waals surface area contributed by atoms with E-state index in [0.29, 0.717) is 12.3 Å². The van der Waals surface area contributed by atoms with E-state index in [1.54, 1.807) is 7.05 Å². The second-order valence-corrected chi connectivity index (χ2v) is 4.04. The lowest BCUT2D eigenvalue weighted by Gasteiger charge is -2.19. The summed E-state index contributed by atoms with van der Waals surface area (Å²) in [7, 11) is 1.69. The fourth-order valence-corrected chi connectivity index (χ4v) is 1.20. The van der Waals surface area contributed by atoms with E-state index in [0.717, 1.165) is 0 Å². The van der Waals surface area contributed by atoms with E-state index in [-0.39, 0.29) is 11.9 Å². The van der Waals surface area contributed by atoms with Gasteiger partial charge in [0.05, 0.1) is 6.04 Å². The van der Waals surface area contributed by atoms with Crippen molar-refractivity contribution >= 4 is 11.9 Å². The Hall–Kier alpha value is -1.10. The van der Waals surface area contributed by atoms with Crippen molar-refractivity contribution in [2.75, 3.05) is 7.05 Å². The Morgan fingerprint density at radius 2 is 1.80 bits per heavy atom. The molecule has 0 bridgehead atoms. The van der Waals surface area contributed by atoms with Crippen LogP contribution in [0, 0.1) is 5.92 Å². The quantitative estimate of drug-likeness (QED) is 0.593. The van der Waals surface area contributed by atoms with Gasteiger partial charge in [-0.05, 0) is 26.3 Å². The van der Waals surface area contributed by atoms with Crippen LogP contribution in [-0.4, -0.2) is 36.1 Å². The van der Waals surface area contributed by atoms with Gasteiger partial charge in [0.15, 0.2) is 0 Å². The van der Waals surface area contributed by atoms with Crippen molar-refractivity contribution in [2.45, 2.75) is 39.3 Å². The molecule has 0 aliphatic rings. The van der Waals surface area contributed by atoms with Gasteiger partial charge in [0.2, 0.25) is 5.91 Å². The Morgan fingerprint density at radius 3 is 2.13 bits per heavy atom. The largest absolute Gasteiger partial charge is 0.480 e. The number of carbonyl (C=O) groups is 2. The van der Waals surface area contributed by atoms with Gasteiger partial charge < -0.3 is 15.7 Å². The van der Waals surface area contributed by atoms with Crippen LogP contribution in [0.3, 0.4) is 0 Å². The van der Waals surface area contributed by atoms with Crippen LogP contribution < -0.4 is 10.6 Å². The summed E-state index contributed by atoms with van der Waals surface area (Å²) in [5, 5.41) is 13.9. The molecule has 1 amide bonds. The molecule has 0 radical (unpaired) electrons. The predicted octanol–water partition coefficient (Wildman–Crippen LogP) is 0.210. The number of hydrogen-bond acceptors (Lipinski definition) is 3. The third-order valence-electron chi connectivity index (χ3n) is 2.10. The number of carboxylic acids is 1. The highest BCUT2D eigenvalue weighted by atomic mass is 16.4. The van der Waals surface area contributed by atoms with Crippen molar-refractivity contribution < 1.29 is 14.7 Å². The van der Waals surface area contributed by atoms with Gasteiger partial charge in [-0.3, -0.25) is 9.59 Å². The molecule has 0 aliphatic carbocycles. The molecule has 5 nitrogen and oxygen atoms in total. The summed E-state index contributed by atoms with van der Waals surface area (Å²) < 4.78 is 0. The summed E-state index contributed by atoms with van der Waals surface area (Å²) in [5.41, 5.74) is 0. The van der Waals surface area contributed by atoms with Crippen molar-refractivity contribution in [3.05, 3.63) is 0 Å². The molecule has 0 aromatic heterocycles. The molecule has 15 heavy (non-hydrogen) atoms. The number of carbonyl (C=O) groups excluding carboxylic acids is 1. The number of carboxylic acid groups (broad SMARTS) is 1. The first-order valence-corrected chi connectivity index (χ1v) is 5.09. The standard InChI is InChI=1S/C10H20N2O3/c1-6(2)5-8(11-4)9(13)12-7(3)10(14)15/h6-8,11H,5H2,1-4H3,(H,12,13)(H,14,15). The van der Waals surface area contributed by atoms with Gasteiger partial charge in [-0.25, -0.2) is 0 Å². The molecule has 0 heterocycles. The summed E-state index contributed by atoms with van der Waals surface area (Å²) >= 11 is 0. The Labute approximate surface area is 90.2 Å². The maximum absolute atomic E-state index is 11.6. The molecule has 88 valence electrons. The zero-order valence-corrected chi connectivity index (χ0v) is 9.70. The normalized spacial score (nSPS) is 14.7. The first kappa shape index (κ1) is 13.9. The van der Waals surface area contributed by atoms with Crippen molar-refractivity contribution in [1.82, 2.24) is 10.6 Å². The summed E-state index contributed by atoms with van der Waals surface area (Å²) in [6, 6.07) is -1.17. The van der Waals surface area contributed by atoms with Gasteiger partial charge in [0.1, 0.15) is 6.04 Å². The second kappa shape index (κ2) is 6.40. The van der Waals surface area contributed by atoms with Gasteiger partial charge in [0, 0.05) is 0 Å². The van der Waals surface area contributed by atoms with Crippen LogP contribution in [0.15, 0.2) is 0 Å². The maximum atomic E-state index is 11.6. The Balaban J connectivity index is 4.21. The van der Waals surface area contributed by atoms with E-state index in [4.69, 9.17) is 5.11 Å². The highest BCUT2D eigenvalue weighted by Crippen LogP contribution is 2.04. The number of hydrogen-bond donors (Lipinski definition) is 3. The molecule has 2 atom stereocenters. The minimum Gasteiger partial charge on any atom is -0.480 e. The Kier molecular flexibility index (Phi) is 5.93. The van der Waals surface area contributed by atoms with Gasteiger partial charge in [0.25, 0.3) is 0 Å². The summed E-state index contributed by atoms with van der Waals surface area (Å²) in [5.74, 6) is -0.905. The zero-order chi connectivity index (χ0) is 12.0. The molecule has 5 heteroatoms. The van der Waals surface area contributed by atoms with E-state index >= 15 is 0 Å². The van der Waals surface area contributed by atoms with Crippen LogP contribution >= 0.6 is 0 Å². The van der Waals surface area contributed by atoms with Crippen molar-refractivity contribution in [3.8, 4) is 0 Å². The van der Waals surface area contributed by atoms with Crippen LogP contribution in [0.5, 0.6) is 0 Å². The first-order chi connectivity index (χ1) is 6.88. The average molecular weight is 216 g/mol. The lowest BCUT2D eigenvalue weighted by atomic mass is 10.0. The van der Waals surface area contributed by atoms with E-state index in [9.17, 15) is 9.59 Å².